The van der Waals surface area contributed by atoms with Gasteiger partial charge in [-0.2, -0.15) is 0 Å². The molecule has 0 spiro atoms. The zero-order valence-electron chi connectivity index (χ0n) is 9.61. The highest BCUT2D eigenvalue weighted by Gasteiger charge is 2.06. The van der Waals surface area contributed by atoms with Crippen LogP contribution < -0.4 is 4.74 Å². The van der Waals surface area contributed by atoms with Gasteiger partial charge < -0.3 is 4.74 Å². The van der Waals surface area contributed by atoms with Gasteiger partial charge in [-0.15, -0.1) is 0 Å². The minimum absolute atomic E-state index is 0.875. The van der Waals surface area contributed by atoms with Crippen LogP contribution in [-0.2, 0) is 0 Å². The molecule has 17 heavy (non-hydrogen) atoms. The Morgan fingerprint density at radius 3 is 2.76 bits per heavy atom. The first-order valence-corrected chi connectivity index (χ1v) is 6.74. The lowest BCUT2D eigenvalue weighted by molar-refractivity contribution is 0.405. The molecule has 0 saturated heterocycles. The van der Waals surface area contributed by atoms with E-state index in [1.165, 1.54) is 5.56 Å². The van der Waals surface area contributed by atoms with E-state index in [9.17, 15) is 0 Å². The lowest BCUT2D eigenvalue weighted by Gasteiger charge is -2.07. The number of pyridine rings is 1. The predicted octanol–water partition coefficient (Wildman–Crippen LogP) is 4.31. The number of hydrogen-bond donors (Lipinski definition) is 0. The van der Waals surface area contributed by atoms with E-state index in [4.69, 9.17) is 4.74 Å². The molecule has 0 N–H and O–H groups in total. The zero-order chi connectivity index (χ0) is 12.3. The Morgan fingerprint density at radius 2 is 2.06 bits per heavy atom. The van der Waals surface area contributed by atoms with Crippen LogP contribution in [0.25, 0.3) is 0 Å². The van der Waals surface area contributed by atoms with E-state index in [-0.39, 0.29) is 0 Å². The van der Waals surface area contributed by atoms with Crippen molar-refractivity contribution in [3.05, 3.63) is 46.6 Å². The Kier molecular flexibility index (Phi) is 4.07. The molecule has 4 heteroatoms. The molecule has 0 aliphatic rings. The molecule has 0 aliphatic heterocycles. The number of rotatable bonds is 3. The Morgan fingerprint density at radius 1 is 1.29 bits per heavy atom. The van der Waals surface area contributed by atoms with Crippen molar-refractivity contribution < 1.29 is 4.74 Å². The second kappa shape index (κ2) is 5.56. The molecule has 88 valence electrons. The van der Waals surface area contributed by atoms with Crippen molar-refractivity contribution in [1.29, 1.82) is 0 Å². The van der Waals surface area contributed by atoms with E-state index in [0.717, 1.165) is 20.1 Å². The van der Waals surface area contributed by atoms with E-state index in [1.54, 1.807) is 18.9 Å². The fourth-order valence-electron chi connectivity index (χ4n) is 1.39. The maximum atomic E-state index is 5.31. The maximum Gasteiger partial charge on any atom is 0.132 e. The highest BCUT2D eigenvalue weighted by atomic mass is 79.9. The van der Waals surface area contributed by atoms with Gasteiger partial charge in [0.15, 0.2) is 0 Å². The smallest absolute Gasteiger partial charge is 0.132 e. The van der Waals surface area contributed by atoms with Gasteiger partial charge in [0.1, 0.15) is 10.8 Å². The Hall–Kier alpha value is -1.00. The van der Waals surface area contributed by atoms with Crippen LogP contribution in [0.3, 0.4) is 0 Å². The van der Waals surface area contributed by atoms with Gasteiger partial charge in [-0.1, -0.05) is 23.9 Å². The number of aromatic nitrogens is 1. The normalized spacial score (nSPS) is 10.3. The highest BCUT2D eigenvalue weighted by molar-refractivity contribution is 9.10. The second-order valence-electron chi connectivity index (χ2n) is 3.52. The van der Waals surface area contributed by atoms with Gasteiger partial charge in [-0.25, -0.2) is 4.98 Å². The Bertz CT molecular complexity index is 531. The number of hydrogen-bond acceptors (Lipinski definition) is 3. The first kappa shape index (κ1) is 12.5. The Balaban J connectivity index is 2.28. The van der Waals surface area contributed by atoms with E-state index < -0.39 is 0 Å². The van der Waals surface area contributed by atoms with E-state index in [1.807, 2.05) is 30.5 Å². The lowest BCUT2D eigenvalue weighted by atomic mass is 10.3. The number of methoxy groups -OCH3 is 1. The third kappa shape index (κ3) is 3.01. The minimum atomic E-state index is 0.875. The molecule has 2 aromatic rings. The van der Waals surface area contributed by atoms with Crippen LogP contribution >= 0.6 is 27.7 Å². The largest absolute Gasteiger partial charge is 0.496 e. The standard InChI is InChI=1S/C13H12BrNOS/c1-9-7-13(15-8-10(9)14)17-12-6-4-3-5-11(12)16-2/h3-8H,1-2H3. The average Bonchev–Trinajstić information content (AvgIpc) is 2.34. The number of nitrogens with zero attached hydrogens (tertiary/aromatic N) is 1. The lowest BCUT2D eigenvalue weighted by Crippen LogP contribution is -1.87. The summed E-state index contributed by atoms with van der Waals surface area (Å²) in [6, 6.07) is 10.00. The van der Waals surface area contributed by atoms with Crippen molar-refractivity contribution in [2.24, 2.45) is 0 Å². The Labute approximate surface area is 114 Å². The van der Waals surface area contributed by atoms with Gasteiger partial charge in [0.2, 0.25) is 0 Å². The molecule has 0 atom stereocenters. The van der Waals surface area contributed by atoms with Gasteiger partial charge >= 0.3 is 0 Å². The monoisotopic (exact) mass is 309 g/mol. The predicted molar refractivity (Wildman–Crippen MR) is 73.8 cm³/mol. The van der Waals surface area contributed by atoms with Crippen molar-refractivity contribution in [2.75, 3.05) is 7.11 Å². The molecular weight excluding hydrogens is 298 g/mol. The van der Waals surface area contributed by atoms with Crippen LogP contribution in [0.1, 0.15) is 5.56 Å². The summed E-state index contributed by atoms with van der Waals surface area (Å²) in [6.07, 6.45) is 1.83. The quantitative estimate of drug-likeness (QED) is 0.843. The van der Waals surface area contributed by atoms with Crippen molar-refractivity contribution in [3.63, 3.8) is 0 Å². The zero-order valence-corrected chi connectivity index (χ0v) is 12.0. The molecule has 1 heterocycles. The first-order chi connectivity index (χ1) is 8.20. The van der Waals surface area contributed by atoms with E-state index in [2.05, 4.69) is 33.9 Å². The van der Waals surface area contributed by atoms with Crippen LogP contribution in [0, 0.1) is 6.92 Å². The van der Waals surface area contributed by atoms with Crippen LogP contribution in [0.5, 0.6) is 5.75 Å². The van der Waals surface area contributed by atoms with Crippen LogP contribution in [0.2, 0.25) is 0 Å². The summed E-state index contributed by atoms with van der Waals surface area (Å²) < 4.78 is 6.34. The van der Waals surface area contributed by atoms with Crippen LogP contribution in [0.4, 0.5) is 0 Å². The molecule has 0 amide bonds. The van der Waals surface area contributed by atoms with Crippen molar-refractivity contribution in [3.8, 4) is 5.75 Å². The second-order valence-corrected chi connectivity index (χ2v) is 5.44. The summed E-state index contributed by atoms with van der Waals surface area (Å²) in [5.41, 5.74) is 1.18. The number of benzene rings is 1. The molecule has 0 radical (unpaired) electrons. The number of para-hydroxylation sites is 1. The number of halogens is 1. The fraction of sp³-hybridized carbons (Fsp3) is 0.154. The maximum absolute atomic E-state index is 5.31. The third-order valence-corrected chi connectivity index (χ3v) is 4.13. The average molecular weight is 310 g/mol. The molecular formula is C13H12BrNOS. The van der Waals surface area contributed by atoms with Crippen LogP contribution in [0.15, 0.2) is 50.9 Å². The van der Waals surface area contributed by atoms with E-state index >= 15 is 0 Å². The van der Waals surface area contributed by atoms with Crippen LogP contribution in [-0.4, -0.2) is 12.1 Å². The molecule has 0 unspecified atom stereocenters. The summed E-state index contributed by atoms with van der Waals surface area (Å²) >= 11 is 5.05. The number of aryl methyl sites for hydroxylation is 1. The highest BCUT2D eigenvalue weighted by Crippen LogP contribution is 2.34. The molecule has 1 aromatic carbocycles. The van der Waals surface area contributed by atoms with Gasteiger partial charge in [0, 0.05) is 10.7 Å². The molecule has 0 saturated carbocycles. The summed E-state index contributed by atoms with van der Waals surface area (Å²) in [7, 11) is 1.68. The van der Waals surface area contributed by atoms with Crippen molar-refractivity contribution in [1.82, 2.24) is 4.98 Å². The molecule has 1 aromatic heterocycles. The van der Waals surface area contributed by atoms with Gasteiger partial charge in [0.25, 0.3) is 0 Å². The SMILES string of the molecule is COc1ccccc1Sc1cc(C)c(Br)cn1. The first-order valence-electron chi connectivity index (χ1n) is 5.13. The number of ether oxygens (including phenoxy) is 1. The summed E-state index contributed by atoms with van der Waals surface area (Å²) in [5.74, 6) is 0.875. The molecule has 0 aliphatic carbocycles. The summed E-state index contributed by atoms with van der Waals surface area (Å²) in [6.45, 7) is 2.05. The molecule has 2 rings (SSSR count). The topological polar surface area (TPSA) is 22.1 Å². The molecule has 2 nitrogen and oxygen atoms in total. The summed E-state index contributed by atoms with van der Waals surface area (Å²) in [4.78, 5) is 5.44. The summed E-state index contributed by atoms with van der Waals surface area (Å²) in [5, 5.41) is 0.968. The van der Waals surface area contributed by atoms with Gasteiger partial charge in [-0.3, -0.25) is 0 Å². The minimum Gasteiger partial charge on any atom is -0.496 e. The van der Waals surface area contributed by atoms with Crippen molar-refractivity contribution in [2.45, 2.75) is 16.8 Å². The fourth-order valence-corrected chi connectivity index (χ4v) is 2.57. The van der Waals surface area contributed by atoms with E-state index in [0.29, 0.717) is 0 Å². The van der Waals surface area contributed by atoms with Crippen molar-refractivity contribution >= 4 is 27.7 Å². The third-order valence-electron chi connectivity index (χ3n) is 2.31. The molecule has 0 fully saturated rings. The van der Waals surface area contributed by atoms with Gasteiger partial charge in [0.05, 0.1) is 12.0 Å². The van der Waals surface area contributed by atoms with Gasteiger partial charge in [-0.05, 0) is 46.6 Å². The molecule has 0 bridgehead atoms.